The first kappa shape index (κ1) is 21.7. The maximum atomic E-state index is 13.1. The van der Waals surface area contributed by atoms with E-state index in [1.54, 1.807) is 13.1 Å². The number of piperidine rings is 1. The van der Waals surface area contributed by atoms with Gasteiger partial charge in [-0.05, 0) is 80.9 Å². The van der Waals surface area contributed by atoms with Crippen molar-refractivity contribution in [2.45, 2.75) is 38.0 Å². The molecule has 4 rings (SSSR count). The number of rotatable bonds is 6. The van der Waals surface area contributed by atoms with Gasteiger partial charge in [-0.25, -0.2) is 5.06 Å². The smallest absolute Gasteiger partial charge is 0.277 e. The van der Waals surface area contributed by atoms with E-state index in [-0.39, 0.29) is 17.6 Å². The van der Waals surface area contributed by atoms with Gasteiger partial charge in [-0.1, -0.05) is 36.4 Å². The zero-order chi connectivity index (χ0) is 21.8. The maximum absolute atomic E-state index is 13.1. The summed E-state index contributed by atoms with van der Waals surface area (Å²) in [5.41, 5.74) is 3.79. The number of ketones is 1. The van der Waals surface area contributed by atoms with Crippen LogP contribution in [0.15, 0.2) is 48.5 Å². The number of amides is 1. The molecule has 0 spiro atoms. The van der Waals surface area contributed by atoms with E-state index in [1.807, 2.05) is 12.1 Å². The van der Waals surface area contributed by atoms with E-state index < -0.39 is 0 Å². The summed E-state index contributed by atoms with van der Waals surface area (Å²) in [7, 11) is 3.06. The number of Topliss-reactive ketones (excluding diaryl/α,β-unsaturated/α-hetero) is 1. The molecule has 0 aromatic heterocycles. The van der Waals surface area contributed by atoms with Crippen molar-refractivity contribution >= 4 is 11.7 Å². The largest absolute Gasteiger partial charge is 0.303 e. The second kappa shape index (κ2) is 9.75. The Morgan fingerprint density at radius 1 is 1.10 bits per heavy atom. The molecule has 5 heteroatoms. The predicted molar refractivity (Wildman–Crippen MR) is 121 cm³/mol. The Morgan fingerprint density at radius 2 is 1.84 bits per heavy atom. The highest BCUT2D eigenvalue weighted by Gasteiger charge is 2.29. The summed E-state index contributed by atoms with van der Waals surface area (Å²) >= 11 is 0. The lowest BCUT2D eigenvalue weighted by Gasteiger charge is -2.33. The van der Waals surface area contributed by atoms with E-state index in [1.165, 1.54) is 30.6 Å². The van der Waals surface area contributed by atoms with Crippen LogP contribution in [0.4, 0.5) is 0 Å². The van der Waals surface area contributed by atoms with Crippen LogP contribution in [0.5, 0.6) is 0 Å². The number of likely N-dealkylation sites (tertiary alicyclic amines) is 1. The van der Waals surface area contributed by atoms with Gasteiger partial charge in [0.2, 0.25) is 0 Å². The standard InChI is InChI=1S/C26H32N2O3/c1-27(31-2)26(30)23-10-11-24-22(18-23)9-8-21(25(24)29)14-17-28-15-12-20(13-16-28)19-6-4-3-5-7-19/h3-7,10-11,18,20-21H,8-9,12-17H2,1-2H3. The van der Waals surface area contributed by atoms with Gasteiger partial charge in [0.25, 0.3) is 5.91 Å². The molecule has 0 radical (unpaired) electrons. The summed E-state index contributed by atoms with van der Waals surface area (Å²) < 4.78 is 0. The normalized spacial score (nSPS) is 19.8. The number of hydroxylamine groups is 2. The maximum Gasteiger partial charge on any atom is 0.277 e. The Balaban J connectivity index is 1.31. The number of aryl methyl sites for hydroxylation is 1. The van der Waals surface area contributed by atoms with Gasteiger partial charge in [-0.3, -0.25) is 14.4 Å². The molecule has 2 aromatic rings. The first-order valence-corrected chi connectivity index (χ1v) is 11.3. The van der Waals surface area contributed by atoms with Crippen LogP contribution in [-0.4, -0.2) is 55.4 Å². The number of hydrogen-bond acceptors (Lipinski definition) is 4. The third kappa shape index (κ3) is 4.89. The van der Waals surface area contributed by atoms with E-state index in [0.29, 0.717) is 11.5 Å². The fraction of sp³-hybridized carbons (Fsp3) is 0.462. The molecule has 31 heavy (non-hydrogen) atoms. The van der Waals surface area contributed by atoms with Crippen molar-refractivity contribution in [2.75, 3.05) is 33.8 Å². The Morgan fingerprint density at radius 3 is 2.55 bits per heavy atom. The molecule has 2 aliphatic rings. The van der Waals surface area contributed by atoms with Crippen molar-refractivity contribution in [1.29, 1.82) is 0 Å². The van der Waals surface area contributed by atoms with E-state index >= 15 is 0 Å². The first-order chi connectivity index (χ1) is 15.1. The Hall–Kier alpha value is -2.50. The second-order valence-corrected chi connectivity index (χ2v) is 8.77. The molecule has 1 aliphatic heterocycles. The van der Waals surface area contributed by atoms with Crippen LogP contribution in [-0.2, 0) is 11.3 Å². The highest BCUT2D eigenvalue weighted by molar-refractivity contribution is 6.02. The van der Waals surface area contributed by atoms with Crippen LogP contribution < -0.4 is 0 Å². The summed E-state index contributed by atoms with van der Waals surface area (Å²) in [5, 5.41) is 1.20. The van der Waals surface area contributed by atoms with E-state index in [2.05, 4.69) is 35.2 Å². The summed E-state index contributed by atoms with van der Waals surface area (Å²) in [6.45, 7) is 3.20. The highest BCUT2D eigenvalue weighted by Crippen LogP contribution is 2.31. The fourth-order valence-electron chi connectivity index (χ4n) is 4.95. The van der Waals surface area contributed by atoms with Crippen molar-refractivity contribution in [3.05, 3.63) is 70.8 Å². The minimum absolute atomic E-state index is 0.0857. The van der Waals surface area contributed by atoms with E-state index in [0.717, 1.165) is 50.0 Å². The highest BCUT2D eigenvalue weighted by atomic mass is 16.7. The van der Waals surface area contributed by atoms with Gasteiger partial charge in [-0.15, -0.1) is 0 Å². The molecule has 1 fully saturated rings. The van der Waals surface area contributed by atoms with Crippen molar-refractivity contribution in [3.8, 4) is 0 Å². The van der Waals surface area contributed by atoms with Crippen LogP contribution in [0.2, 0.25) is 0 Å². The molecule has 0 bridgehead atoms. The molecule has 1 saturated heterocycles. The lowest BCUT2D eigenvalue weighted by atomic mass is 9.80. The molecule has 1 atom stereocenters. The second-order valence-electron chi connectivity index (χ2n) is 8.77. The third-order valence-electron chi connectivity index (χ3n) is 6.96. The summed E-state index contributed by atoms with van der Waals surface area (Å²) in [6.07, 6.45) is 5.02. The number of benzene rings is 2. The zero-order valence-electron chi connectivity index (χ0n) is 18.5. The van der Waals surface area contributed by atoms with Gasteiger partial charge in [0, 0.05) is 24.1 Å². The van der Waals surface area contributed by atoms with Crippen LogP contribution in [0.25, 0.3) is 0 Å². The molecular formula is C26H32N2O3. The van der Waals surface area contributed by atoms with Crippen LogP contribution in [0.3, 0.4) is 0 Å². The molecule has 0 saturated carbocycles. The average molecular weight is 421 g/mol. The van der Waals surface area contributed by atoms with Crippen molar-refractivity contribution in [1.82, 2.24) is 9.96 Å². The average Bonchev–Trinajstić information content (AvgIpc) is 2.83. The molecule has 1 aliphatic carbocycles. The SMILES string of the molecule is CON(C)C(=O)c1ccc2c(c1)CCC(CCN1CCC(c3ccccc3)CC1)C2=O. The van der Waals surface area contributed by atoms with Crippen LogP contribution in [0.1, 0.15) is 63.4 Å². The molecule has 0 N–H and O–H groups in total. The molecule has 164 valence electrons. The molecule has 5 nitrogen and oxygen atoms in total. The Labute approximate surface area is 184 Å². The van der Waals surface area contributed by atoms with E-state index in [9.17, 15) is 9.59 Å². The van der Waals surface area contributed by atoms with Gasteiger partial charge < -0.3 is 4.90 Å². The number of fused-ring (bicyclic) bond motifs is 1. The number of hydrogen-bond donors (Lipinski definition) is 0. The van der Waals surface area contributed by atoms with Crippen molar-refractivity contribution < 1.29 is 14.4 Å². The van der Waals surface area contributed by atoms with E-state index in [4.69, 9.17) is 4.84 Å². The Kier molecular flexibility index (Phi) is 6.83. The molecule has 1 heterocycles. The quantitative estimate of drug-likeness (QED) is 0.653. The molecule has 1 amide bonds. The number of carbonyl (C=O) groups is 2. The zero-order valence-corrected chi connectivity index (χ0v) is 18.5. The minimum atomic E-state index is -0.196. The van der Waals surface area contributed by atoms with Crippen LogP contribution in [0, 0.1) is 5.92 Å². The number of carbonyl (C=O) groups excluding carboxylic acids is 2. The molecule has 2 aromatic carbocycles. The Bertz CT molecular complexity index is 920. The lowest BCUT2D eigenvalue weighted by Crippen LogP contribution is -2.35. The van der Waals surface area contributed by atoms with Gasteiger partial charge >= 0.3 is 0 Å². The van der Waals surface area contributed by atoms with Crippen molar-refractivity contribution in [2.24, 2.45) is 5.92 Å². The van der Waals surface area contributed by atoms with Gasteiger partial charge in [0.1, 0.15) is 0 Å². The monoisotopic (exact) mass is 420 g/mol. The van der Waals surface area contributed by atoms with Gasteiger partial charge in [0.15, 0.2) is 5.78 Å². The minimum Gasteiger partial charge on any atom is -0.303 e. The first-order valence-electron chi connectivity index (χ1n) is 11.3. The molecular weight excluding hydrogens is 388 g/mol. The molecule has 1 unspecified atom stereocenters. The summed E-state index contributed by atoms with van der Waals surface area (Å²) in [6, 6.07) is 16.2. The topological polar surface area (TPSA) is 49.9 Å². The summed E-state index contributed by atoms with van der Waals surface area (Å²) in [5.74, 6) is 0.788. The van der Waals surface area contributed by atoms with Crippen molar-refractivity contribution in [3.63, 3.8) is 0 Å². The third-order valence-corrected chi connectivity index (χ3v) is 6.96. The fourth-order valence-corrected chi connectivity index (χ4v) is 4.95. The van der Waals surface area contributed by atoms with Gasteiger partial charge in [-0.2, -0.15) is 0 Å². The predicted octanol–water partition coefficient (Wildman–Crippen LogP) is 4.33. The number of nitrogens with zero attached hydrogens (tertiary/aromatic N) is 2. The van der Waals surface area contributed by atoms with Gasteiger partial charge in [0.05, 0.1) is 7.11 Å². The summed E-state index contributed by atoms with van der Waals surface area (Å²) in [4.78, 5) is 32.9. The lowest BCUT2D eigenvalue weighted by molar-refractivity contribution is -0.0757. The van der Waals surface area contributed by atoms with Crippen LogP contribution >= 0.6 is 0 Å².